The van der Waals surface area contributed by atoms with E-state index in [2.05, 4.69) is 33.5 Å². The molecule has 1 aliphatic heterocycles. The fourth-order valence-corrected chi connectivity index (χ4v) is 4.92. The number of nitrogen functional groups attached to an aromatic ring is 1. The van der Waals surface area contributed by atoms with Crippen molar-refractivity contribution in [1.29, 1.82) is 0 Å². The average Bonchev–Trinajstić information content (AvgIpc) is 3.31. The SMILES string of the molecule is CCc1cc(NC(=O)C(=O)N2CC(C)CCC2c2cc3cn[nH]c3s2)cnc1N. The minimum atomic E-state index is -0.651. The number of piperidine rings is 1. The Bertz CT molecular complexity index is 1030. The number of H-pyrrole nitrogens is 1. The molecule has 0 radical (unpaired) electrons. The first kappa shape index (κ1) is 19.4. The van der Waals surface area contributed by atoms with Crippen molar-refractivity contribution in [3.63, 3.8) is 0 Å². The van der Waals surface area contributed by atoms with Gasteiger partial charge in [0.05, 0.1) is 24.1 Å². The quantitative estimate of drug-likeness (QED) is 0.572. The Morgan fingerprint density at radius 1 is 1.34 bits per heavy atom. The van der Waals surface area contributed by atoms with Gasteiger partial charge < -0.3 is 16.0 Å². The first-order valence-electron chi connectivity index (χ1n) is 9.75. The highest BCUT2D eigenvalue weighted by molar-refractivity contribution is 7.18. The molecule has 1 saturated heterocycles. The predicted octanol–water partition coefficient (Wildman–Crippen LogP) is 3.10. The molecule has 2 amide bonds. The maximum atomic E-state index is 13.1. The van der Waals surface area contributed by atoms with Gasteiger partial charge in [-0.25, -0.2) is 4.98 Å². The van der Waals surface area contributed by atoms with Crippen molar-refractivity contribution >= 4 is 44.9 Å². The van der Waals surface area contributed by atoms with Crippen LogP contribution in [0.5, 0.6) is 0 Å². The highest BCUT2D eigenvalue weighted by atomic mass is 32.1. The van der Waals surface area contributed by atoms with Crippen LogP contribution in [-0.4, -0.2) is 38.4 Å². The zero-order chi connectivity index (χ0) is 20.5. The van der Waals surface area contributed by atoms with Crippen LogP contribution in [0.1, 0.15) is 43.2 Å². The third-order valence-electron chi connectivity index (χ3n) is 5.39. The molecule has 4 heterocycles. The number of nitrogens with two attached hydrogens (primary N) is 1. The lowest BCUT2D eigenvalue weighted by Gasteiger charge is -2.37. The number of nitrogens with zero attached hydrogens (tertiary/aromatic N) is 3. The van der Waals surface area contributed by atoms with Gasteiger partial charge in [-0.05, 0) is 42.9 Å². The summed E-state index contributed by atoms with van der Waals surface area (Å²) in [6, 6.07) is 3.71. The number of thiophene rings is 1. The van der Waals surface area contributed by atoms with Crippen molar-refractivity contribution in [2.75, 3.05) is 17.6 Å². The number of aromatic nitrogens is 3. The van der Waals surface area contributed by atoms with Gasteiger partial charge in [-0.15, -0.1) is 11.3 Å². The smallest absolute Gasteiger partial charge is 0.313 e. The molecule has 0 saturated carbocycles. The van der Waals surface area contributed by atoms with Gasteiger partial charge in [-0.1, -0.05) is 13.8 Å². The van der Waals surface area contributed by atoms with Crippen LogP contribution in [0.15, 0.2) is 24.5 Å². The van der Waals surface area contributed by atoms with E-state index in [0.717, 1.165) is 33.5 Å². The van der Waals surface area contributed by atoms with Crippen LogP contribution >= 0.6 is 11.3 Å². The number of aromatic amines is 1. The number of fused-ring (bicyclic) bond motifs is 1. The van der Waals surface area contributed by atoms with Gasteiger partial charge in [-0.3, -0.25) is 14.7 Å². The van der Waals surface area contributed by atoms with Crippen molar-refractivity contribution in [2.24, 2.45) is 5.92 Å². The topological polar surface area (TPSA) is 117 Å². The lowest BCUT2D eigenvalue weighted by molar-refractivity contribution is -0.146. The number of amides is 2. The van der Waals surface area contributed by atoms with Gasteiger partial charge in [-0.2, -0.15) is 5.10 Å². The van der Waals surface area contributed by atoms with Crippen LogP contribution < -0.4 is 11.1 Å². The van der Waals surface area contributed by atoms with Crippen molar-refractivity contribution < 1.29 is 9.59 Å². The number of hydrogen-bond acceptors (Lipinski definition) is 6. The van der Waals surface area contributed by atoms with Gasteiger partial charge in [0.15, 0.2) is 0 Å². The monoisotopic (exact) mass is 412 g/mol. The van der Waals surface area contributed by atoms with E-state index in [9.17, 15) is 9.59 Å². The molecule has 1 aliphatic rings. The van der Waals surface area contributed by atoms with Crippen molar-refractivity contribution in [1.82, 2.24) is 20.1 Å². The van der Waals surface area contributed by atoms with Crippen LogP contribution in [0.2, 0.25) is 0 Å². The molecule has 152 valence electrons. The number of pyridine rings is 1. The lowest BCUT2D eigenvalue weighted by Crippen LogP contribution is -2.46. The summed E-state index contributed by atoms with van der Waals surface area (Å²) in [6.45, 7) is 4.62. The van der Waals surface area contributed by atoms with E-state index in [1.54, 1.807) is 28.5 Å². The summed E-state index contributed by atoms with van der Waals surface area (Å²) < 4.78 is 0. The summed E-state index contributed by atoms with van der Waals surface area (Å²) in [4.78, 5) is 33.6. The maximum absolute atomic E-state index is 13.1. The molecular weight excluding hydrogens is 388 g/mol. The molecule has 3 aromatic rings. The Hall–Kier alpha value is -2.94. The maximum Gasteiger partial charge on any atom is 0.313 e. The second kappa shape index (κ2) is 7.82. The van der Waals surface area contributed by atoms with Crippen molar-refractivity contribution in [3.8, 4) is 0 Å². The van der Waals surface area contributed by atoms with E-state index in [1.807, 2.05) is 6.92 Å². The molecular formula is C20H24N6O2S. The van der Waals surface area contributed by atoms with E-state index in [0.29, 0.717) is 30.4 Å². The standard InChI is InChI=1S/C20H24N6O2S/c1-3-12-6-14(9-22-17(12)21)24-18(27)20(28)26-10-11(2)4-5-15(26)16-7-13-8-23-25-19(13)29-16/h6-9,11,15H,3-5,10H2,1-2H3,(H2,21,22)(H,23,25)(H,24,27). The Balaban J connectivity index is 1.55. The first-order chi connectivity index (χ1) is 14.0. The molecule has 0 aliphatic carbocycles. The number of likely N-dealkylation sites (tertiary alicyclic amines) is 1. The Morgan fingerprint density at radius 3 is 2.93 bits per heavy atom. The zero-order valence-corrected chi connectivity index (χ0v) is 17.3. The van der Waals surface area contributed by atoms with Gasteiger partial charge in [0.1, 0.15) is 10.6 Å². The average molecular weight is 413 g/mol. The summed E-state index contributed by atoms with van der Waals surface area (Å²) in [5, 5.41) is 10.7. The molecule has 1 fully saturated rings. The summed E-state index contributed by atoms with van der Waals surface area (Å²) >= 11 is 1.59. The highest BCUT2D eigenvalue weighted by Crippen LogP contribution is 2.38. The minimum Gasteiger partial charge on any atom is -0.383 e. The highest BCUT2D eigenvalue weighted by Gasteiger charge is 2.35. The lowest BCUT2D eigenvalue weighted by atomic mass is 9.93. The fraction of sp³-hybridized carbons (Fsp3) is 0.400. The van der Waals surface area contributed by atoms with Gasteiger partial charge in [0, 0.05) is 16.8 Å². The number of nitrogens with one attached hydrogen (secondary N) is 2. The number of aryl methyl sites for hydroxylation is 1. The number of hydrogen-bond donors (Lipinski definition) is 3. The van der Waals surface area contributed by atoms with Crippen LogP contribution in [0.4, 0.5) is 11.5 Å². The van der Waals surface area contributed by atoms with Crippen molar-refractivity contribution in [3.05, 3.63) is 35.0 Å². The van der Waals surface area contributed by atoms with Crippen LogP contribution in [0, 0.1) is 5.92 Å². The molecule has 9 heteroatoms. The molecule has 0 aromatic carbocycles. The molecule has 2 atom stereocenters. The fourth-order valence-electron chi connectivity index (χ4n) is 3.79. The summed E-state index contributed by atoms with van der Waals surface area (Å²) in [5.41, 5.74) is 7.14. The molecule has 4 N–H and O–H groups in total. The molecule has 0 spiro atoms. The summed E-state index contributed by atoms with van der Waals surface area (Å²) in [6.07, 6.45) is 5.80. The zero-order valence-electron chi connectivity index (χ0n) is 16.4. The Labute approximate surface area is 172 Å². The van der Waals surface area contributed by atoms with Gasteiger partial charge >= 0.3 is 11.8 Å². The minimum absolute atomic E-state index is 0.106. The van der Waals surface area contributed by atoms with Crippen LogP contribution in [0.25, 0.3) is 10.2 Å². The molecule has 3 aromatic heterocycles. The predicted molar refractivity (Wildman–Crippen MR) is 113 cm³/mol. The number of carbonyl (C=O) groups excluding carboxylic acids is 2. The third kappa shape index (κ3) is 3.82. The van der Waals surface area contributed by atoms with E-state index >= 15 is 0 Å². The normalized spacial score (nSPS) is 19.4. The first-order valence-corrected chi connectivity index (χ1v) is 10.6. The molecule has 8 nitrogen and oxygen atoms in total. The van der Waals surface area contributed by atoms with E-state index in [1.165, 1.54) is 6.20 Å². The number of anilines is 2. The summed E-state index contributed by atoms with van der Waals surface area (Å²) in [7, 11) is 0. The Morgan fingerprint density at radius 2 is 2.17 bits per heavy atom. The van der Waals surface area contributed by atoms with E-state index in [-0.39, 0.29) is 6.04 Å². The third-order valence-corrected chi connectivity index (χ3v) is 6.55. The van der Waals surface area contributed by atoms with Gasteiger partial charge in [0.25, 0.3) is 0 Å². The largest absolute Gasteiger partial charge is 0.383 e. The van der Waals surface area contributed by atoms with Gasteiger partial charge in [0.2, 0.25) is 0 Å². The number of rotatable bonds is 3. The molecule has 4 rings (SSSR count). The molecule has 29 heavy (non-hydrogen) atoms. The molecule has 2 unspecified atom stereocenters. The van der Waals surface area contributed by atoms with E-state index in [4.69, 9.17) is 5.73 Å². The van der Waals surface area contributed by atoms with Crippen LogP contribution in [-0.2, 0) is 16.0 Å². The van der Waals surface area contributed by atoms with Crippen LogP contribution in [0.3, 0.4) is 0 Å². The molecule has 0 bridgehead atoms. The van der Waals surface area contributed by atoms with E-state index < -0.39 is 11.8 Å². The second-order valence-electron chi connectivity index (χ2n) is 7.54. The summed E-state index contributed by atoms with van der Waals surface area (Å²) in [5.74, 6) is -0.392. The Kier molecular flexibility index (Phi) is 5.23. The number of carbonyl (C=O) groups is 2. The second-order valence-corrected chi connectivity index (χ2v) is 8.62. The van der Waals surface area contributed by atoms with Crippen molar-refractivity contribution in [2.45, 2.75) is 39.2 Å².